The zero-order valence-electron chi connectivity index (χ0n) is 12.5. The Morgan fingerprint density at radius 3 is 2.57 bits per heavy atom. The van der Waals surface area contributed by atoms with E-state index in [0.29, 0.717) is 19.6 Å². The summed E-state index contributed by atoms with van der Waals surface area (Å²) >= 11 is 0. The normalized spacial score (nSPS) is 12.6. The van der Waals surface area contributed by atoms with E-state index in [0.717, 1.165) is 11.3 Å². The van der Waals surface area contributed by atoms with Crippen molar-refractivity contribution in [3.05, 3.63) is 29.8 Å². The highest BCUT2D eigenvalue weighted by atomic mass is 19.3. The fourth-order valence-corrected chi connectivity index (χ4v) is 1.96. The number of ether oxygens (including phenoxy) is 3. The van der Waals surface area contributed by atoms with Crippen LogP contribution in [-0.4, -0.2) is 47.0 Å². The van der Waals surface area contributed by atoms with Crippen LogP contribution in [0.3, 0.4) is 0 Å². The first kappa shape index (κ1) is 17.8. The summed E-state index contributed by atoms with van der Waals surface area (Å²) in [5.74, 6) is 0.766. The molecule has 0 saturated heterocycles. The zero-order valence-corrected chi connectivity index (χ0v) is 12.5. The molecule has 0 heterocycles. The molecule has 0 bridgehead atoms. The largest absolute Gasteiger partial charge is 0.491 e. The van der Waals surface area contributed by atoms with Gasteiger partial charge in [0.15, 0.2) is 0 Å². The first-order chi connectivity index (χ1) is 10.2. The Hall–Kier alpha value is -1.24. The monoisotopic (exact) mass is 303 g/mol. The highest BCUT2D eigenvalue weighted by molar-refractivity contribution is 5.35. The lowest BCUT2D eigenvalue weighted by Crippen LogP contribution is -2.20. The van der Waals surface area contributed by atoms with E-state index in [9.17, 15) is 8.78 Å². The summed E-state index contributed by atoms with van der Waals surface area (Å²) in [7, 11) is 3.44. The summed E-state index contributed by atoms with van der Waals surface area (Å²) in [6, 6.07) is 7.64. The summed E-state index contributed by atoms with van der Waals surface area (Å²) in [5.41, 5.74) is 0.983. The fraction of sp³-hybridized carbons (Fsp3) is 0.600. The van der Waals surface area contributed by atoms with Crippen molar-refractivity contribution in [1.82, 2.24) is 5.32 Å². The van der Waals surface area contributed by atoms with Crippen LogP contribution in [0.1, 0.15) is 18.0 Å². The second-order valence-corrected chi connectivity index (χ2v) is 4.48. The van der Waals surface area contributed by atoms with Gasteiger partial charge in [0.25, 0.3) is 6.43 Å². The predicted molar refractivity (Wildman–Crippen MR) is 77.1 cm³/mol. The van der Waals surface area contributed by atoms with E-state index in [2.05, 4.69) is 5.32 Å². The Kier molecular flexibility index (Phi) is 8.89. The molecule has 0 aliphatic carbocycles. The third-order valence-corrected chi connectivity index (χ3v) is 2.98. The molecule has 0 saturated carbocycles. The third kappa shape index (κ3) is 6.84. The molecule has 0 spiro atoms. The predicted octanol–water partition coefficient (Wildman–Crippen LogP) is 2.64. The highest BCUT2D eigenvalue weighted by Gasteiger charge is 2.14. The molecule has 0 radical (unpaired) electrons. The molecule has 0 fully saturated rings. The lowest BCUT2D eigenvalue weighted by Gasteiger charge is -2.20. The van der Waals surface area contributed by atoms with E-state index in [1.54, 1.807) is 7.11 Å². The van der Waals surface area contributed by atoms with Crippen LogP contribution in [0.2, 0.25) is 0 Å². The van der Waals surface area contributed by atoms with Crippen molar-refractivity contribution in [2.45, 2.75) is 18.9 Å². The van der Waals surface area contributed by atoms with Crippen LogP contribution in [0, 0.1) is 0 Å². The number of methoxy groups -OCH3 is 1. The van der Waals surface area contributed by atoms with Gasteiger partial charge >= 0.3 is 0 Å². The first-order valence-corrected chi connectivity index (χ1v) is 6.92. The summed E-state index contributed by atoms with van der Waals surface area (Å²) in [5, 5.41) is 3.16. The van der Waals surface area contributed by atoms with Gasteiger partial charge < -0.3 is 19.5 Å². The Morgan fingerprint density at radius 2 is 1.90 bits per heavy atom. The number of halogens is 2. The number of alkyl halides is 2. The minimum atomic E-state index is -2.43. The summed E-state index contributed by atoms with van der Waals surface area (Å²) < 4.78 is 39.6. The average Bonchev–Trinajstić information content (AvgIpc) is 2.48. The second kappa shape index (κ2) is 10.5. The van der Waals surface area contributed by atoms with Gasteiger partial charge in [0.1, 0.15) is 19.0 Å². The van der Waals surface area contributed by atoms with Gasteiger partial charge in [-0.15, -0.1) is 0 Å². The number of nitrogens with one attached hydrogen (secondary N) is 1. The van der Waals surface area contributed by atoms with Gasteiger partial charge in [0.2, 0.25) is 0 Å². The molecule has 1 unspecified atom stereocenters. The maximum Gasteiger partial charge on any atom is 0.261 e. The van der Waals surface area contributed by atoms with Crippen molar-refractivity contribution in [3.8, 4) is 5.75 Å². The lowest BCUT2D eigenvalue weighted by molar-refractivity contribution is 0.0144. The van der Waals surface area contributed by atoms with Gasteiger partial charge in [0.05, 0.1) is 6.61 Å². The fourth-order valence-electron chi connectivity index (χ4n) is 1.96. The van der Waals surface area contributed by atoms with Crippen molar-refractivity contribution in [2.75, 3.05) is 40.6 Å². The van der Waals surface area contributed by atoms with Crippen molar-refractivity contribution in [2.24, 2.45) is 0 Å². The summed E-state index contributed by atoms with van der Waals surface area (Å²) in [4.78, 5) is 0. The smallest absolute Gasteiger partial charge is 0.261 e. The van der Waals surface area contributed by atoms with E-state index in [1.165, 1.54) is 0 Å². The van der Waals surface area contributed by atoms with Crippen LogP contribution in [-0.2, 0) is 9.47 Å². The van der Waals surface area contributed by atoms with Crippen molar-refractivity contribution < 1.29 is 23.0 Å². The van der Waals surface area contributed by atoms with Crippen LogP contribution < -0.4 is 10.1 Å². The van der Waals surface area contributed by atoms with E-state index in [-0.39, 0.29) is 12.6 Å². The minimum Gasteiger partial charge on any atom is -0.491 e. The molecule has 6 heteroatoms. The van der Waals surface area contributed by atoms with Gasteiger partial charge in [-0.2, -0.15) is 0 Å². The quantitative estimate of drug-likeness (QED) is 0.638. The van der Waals surface area contributed by atoms with Gasteiger partial charge in [-0.25, -0.2) is 8.78 Å². The molecule has 0 aliphatic heterocycles. The molecular formula is C15H23F2NO3. The molecule has 1 N–H and O–H groups in total. The van der Waals surface area contributed by atoms with E-state index >= 15 is 0 Å². The van der Waals surface area contributed by atoms with E-state index < -0.39 is 13.0 Å². The van der Waals surface area contributed by atoms with Gasteiger partial charge in [-0.05, 0) is 19.5 Å². The molecule has 0 aromatic heterocycles. The SMILES string of the molecule is CNC(CCOCC(F)F)c1ccccc1OCCOC. The van der Waals surface area contributed by atoms with Crippen LogP contribution in [0.15, 0.2) is 24.3 Å². The molecule has 1 rings (SSSR count). The van der Waals surface area contributed by atoms with Crippen molar-refractivity contribution in [1.29, 1.82) is 0 Å². The molecule has 0 aliphatic rings. The maximum absolute atomic E-state index is 12.0. The molecule has 1 atom stereocenters. The molecule has 120 valence electrons. The maximum atomic E-state index is 12.0. The van der Waals surface area contributed by atoms with Crippen LogP contribution in [0.25, 0.3) is 0 Å². The van der Waals surface area contributed by atoms with E-state index in [4.69, 9.17) is 14.2 Å². The van der Waals surface area contributed by atoms with Crippen LogP contribution >= 0.6 is 0 Å². The summed E-state index contributed by atoms with van der Waals surface area (Å²) in [6.07, 6.45) is -1.84. The van der Waals surface area contributed by atoms with Crippen molar-refractivity contribution in [3.63, 3.8) is 0 Å². The Labute approximate surface area is 124 Å². The number of rotatable bonds is 11. The van der Waals surface area contributed by atoms with Gasteiger partial charge in [-0.3, -0.25) is 0 Å². The minimum absolute atomic E-state index is 0.0126. The molecule has 4 nitrogen and oxygen atoms in total. The first-order valence-electron chi connectivity index (χ1n) is 6.92. The number of hydrogen-bond donors (Lipinski definition) is 1. The zero-order chi connectivity index (χ0) is 15.5. The van der Waals surface area contributed by atoms with Crippen LogP contribution in [0.4, 0.5) is 8.78 Å². The molecular weight excluding hydrogens is 280 g/mol. The Morgan fingerprint density at radius 1 is 1.14 bits per heavy atom. The molecule has 1 aromatic rings. The third-order valence-electron chi connectivity index (χ3n) is 2.98. The van der Waals surface area contributed by atoms with Gasteiger partial charge in [-0.1, -0.05) is 18.2 Å². The second-order valence-electron chi connectivity index (χ2n) is 4.48. The van der Waals surface area contributed by atoms with E-state index in [1.807, 2.05) is 31.3 Å². The molecule has 0 amide bonds. The number of hydrogen-bond acceptors (Lipinski definition) is 4. The lowest BCUT2D eigenvalue weighted by atomic mass is 10.0. The molecule has 1 aromatic carbocycles. The molecule has 21 heavy (non-hydrogen) atoms. The van der Waals surface area contributed by atoms with Crippen molar-refractivity contribution >= 4 is 0 Å². The number of para-hydroxylation sites is 1. The van der Waals surface area contributed by atoms with Crippen LogP contribution in [0.5, 0.6) is 5.75 Å². The summed E-state index contributed by atoms with van der Waals surface area (Å²) in [6.45, 7) is 0.715. The average molecular weight is 303 g/mol. The highest BCUT2D eigenvalue weighted by Crippen LogP contribution is 2.27. The number of benzene rings is 1. The van der Waals surface area contributed by atoms with Gasteiger partial charge in [0, 0.05) is 25.3 Å². The standard InChI is InChI=1S/C15H23F2NO3/c1-18-13(7-8-20-11-15(16)17)12-5-3-4-6-14(12)21-10-9-19-2/h3-6,13,15,18H,7-11H2,1-2H3. The Bertz CT molecular complexity index is 391. The Balaban J connectivity index is 2.57. The topological polar surface area (TPSA) is 39.7 Å².